The highest BCUT2D eigenvalue weighted by Gasteiger charge is 2.23. The summed E-state index contributed by atoms with van der Waals surface area (Å²) in [5.41, 5.74) is 25.0. The lowest BCUT2D eigenvalue weighted by atomic mass is 9.92. The molecule has 0 saturated heterocycles. The number of rotatable bonds is 5. The number of aromatic amines is 2. The van der Waals surface area contributed by atoms with Gasteiger partial charge in [-0.2, -0.15) is 0 Å². The van der Waals surface area contributed by atoms with E-state index in [1.54, 1.807) is 6.07 Å². The van der Waals surface area contributed by atoms with Gasteiger partial charge in [0, 0.05) is 49.2 Å². The SMILES string of the molecule is Cc1cc(C)c(-c2c3nc(c(-c4c(C)cc(C)cc4C)c4ccc([nH]4)c(-c4c(C)cc(C)cc4C)c4nc(c(-c5ccc(C(=O)O)s5)c5ccc2[nH]5)C=C4)C=C3)c(C)c1. The van der Waals surface area contributed by atoms with Gasteiger partial charge in [-0.05, 0) is 173 Å². The number of benzene rings is 3. The molecule has 8 bridgehead atoms. The lowest BCUT2D eigenvalue weighted by Gasteiger charge is -2.14. The van der Waals surface area contributed by atoms with E-state index in [1.807, 2.05) is 6.07 Å². The fourth-order valence-corrected chi connectivity index (χ4v) is 10.5. The van der Waals surface area contributed by atoms with Crippen molar-refractivity contribution in [3.05, 3.63) is 151 Å². The normalized spacial score (nSPS) is 12.2. The summed E-state index contributed by atoms with van der Waals surface area (Å²) in [5, 5.41) is 10.0. The number of carboxylic acid groups (broad SMARTS) is 1. The van der Waals surface area contributed by atoms with Gasteiger partial charge in [-0.3, -0.25) is 0 Å². The summed E-state index contributed by atoms with van der Waals surface area (Å²) < 4.78 is 0. The zero-order chi connectivity index (χ0) is 41.4. The second kappa shape index (κ2) is 14.4. The average molecular weight is 791 g/mol. The van der Waals surface area contributed by atoms with E-state index in [9.17, 15) is 9.90 Å². The van der Waals surface area contributed by atoms with Crippen LogP contribution in [0.4, 0.5) is 0 Å². The molecule has 0 aliphatic carbocycles. The Hall–Kier alpha value is -6.57. The van der Waals surface area contributed by atoms with E-state index in [2.05, 4.69) is 157 Å². The molecule has 59 heavy (non-hydrogen) atoms. The van der Waals surface area contributed by atoms with Crippen LogP contribution in [0.25, 0.3) is 90.2 Å². The van der Waals surface area contributed by atoms with E-state index in [0.29, 0.717) is 0 Å². The smallest absolute Gasteiger partial charge is 0.345 e. The zero-order valence-corrected chi connectivity index (χ0v) is 35.7. The molecule has 3 N–H and O–H groups in total. The number of thiophene rings is 1. The van der Waals surface area contributed by atoms with Gasteiger partial charge in [0.2, 0.25) is 0 Å². The molecule has 9 rings (SSSR count). The van der Waals surface area contributed by atoms with Gasteiger partial charge in [0.25, 0.3) is 0 Å². The van der Waals surface area contributed by atoms with Crippen molar-refractivity contribution < 1.29 is 9.90 Å². The summed E-state index contributed by atoms with van der Waals surface area (Å²) in [6, 6.07) is 25.6. The number of nitrogens with one attached hydrogen (secondary N) is 2. The van der Waals surface area contributed by atoms with Crippen LogP contribution >= 0.6 is 11.3 Å². The maximum absolute atomic E-state index is 12.2. The van der Waals surface area contributed by atoms with E-state index < -0.39 is 5.97 Å². The highest BCUT2D eigenvalue weighted by atomic mass is 32.1. The van der Waals surface area contributed by atoms with E-state index in [4.69, 9.17) is 9.97 Å². The van der Waals surface area contributed by atoms with Gasteiger partial charge >= 0.3 is 5.97 Å². The molecule has 0 radical (unpaired) electrons. The predicted octanol–water partition coefficient (Wildman–Crippen LogP) is 13.9. The molecule has 2 aliphatic rings. The summed E-state index contributed by atoms with van der Waals surface area (Å²) in [6.07, 6.45) is 8.46. The number of aryl methyl sites for hydroxylation is 9. The Kier molecular flexibility index (Phi) is 9.24. The standard InChI is InChI=1S/C52H46N4O2S/c1-26-20-29(4)45(30(5)21-26)49-37-12-10-35(53-37)48(43-18-19-44(59-43)52(57)58)36-11-13-38(54-36)50(46-31(6)22-27(2)23-32(46)7)40-15-17-42(56-40)51(41-16-14-39(49)55-41)47-33(8)24-28(3)25-34(47)9/h10-25,53,56H,1-9H3,(H,57,58). The lowest BCUT2D eigenvalue weighted by Crippen LogP contribution is -1.96. The van der Waals surface area contributed by atoms with Gasteiger partial charge in [-0.25, -0.2) is 14.8 Å². The number of hydrogen-bond donors (Lipinski definition) is 3. The molecule has 0 atom stereocenters. The number of aromatic carboxylic acids is 1. The van der Waals surface area contributed by atoms with Gasteiger partial charge < -0.3 is 15.1 Å². The van der Waals surface area contributed by atoms with Gasteiger partial charge in [-0.1, -0.05) is 53.1 Å². The first-order chi connectivity index (χ1) is 28.2. The number of fused-ring (bicyclic) bond motifs is 8. The Labute approximate surface area is 348 Å². The van der Waals surface area contributed by atoms with E-state index >= 15 is 0 Å². The lowest BCUT2D eigenvalue weighted by molar-refractivity contribution is 0.0702. The average Bonchev–Trinajstić information content (AvgIpc) is 4.01. The van der Waals surface area contributed by atoms with Crippen LogP contribution < -0.4 is 0 Å². The maximum atomic E-state index is 12.2. The first-order valence-electron chi connectivity index (χ1n) is 20.0. The van der Waals surface area contributed by atoms with Crippen molar-refractivity contribution in [3.63, 3.8) is 0 Å². The molecule has 6 nitrogen and oxygen atoms in total. The summed E-state index contributed by atoms with van der Waals surface area (Å²) in [7, 11) is 0. The quantitative estimate of drug-likeness (QED) is 0.162. The number of carbonyl (C=O) groups is 1. The molecule has 3 aromatic carbocycles. The largest absolute Gasteiger partial charge is 0.477 e. The van der Waals surface area contributed by atoms with E-state index in [1.165, 1.54) is 39.2 Å². The fourth-order valence-electron chi connectivity index (χ4n) is 9.56. The minimum atomic E-state index is -0.951. The van der Waals surface area contributed by atoms with Crippen LogP contribution in [0.1, 0.15) is 82.5 Å². The number of carboxylic acids is 1. The Bertz CT molecular complexity index is 3060. The number of aromatic nitrogens is 4. The molecule has 292 valence electrons. The summed E-state index contributed by atoms with van der Waals surface area (Å²) in [6.45, 7) is 19.5. The third-order valence-electron chi connectivity index (χ3n) is 11.6. The predicted molar refractivity (Wildman–Crippen MR) is 248 cm³/mol. The van der Waals surface area contributed by atoms with Crippen LogP contribution in [0.5, 0.6) is 0 Å². The van der Waals surface area contributed by atoms with Gasteiger partial charge in [0.15, 0.2) is 0 Å². The van der Waals surface area contributed by atoms with Crippen LogP contribution in [0, 0.1) is 62.3 Å². The fraction of sp³-hybridized carbons (Fsp3) is 0.173. The summed E-state index contributed by atoms with van der Waals surface area (Å²) >= 11 is 1.25. The minimum absolute atomic E-state index is 0.271. The molecule has 0 spiro atoms. The molecular weight excluding hydrogens is 745 g/mol. The van der Waals surface area contributed by atoms with Crippen molar-refractivity contribution in [1.82, 2.24) is 19.9 Å². The summed E-state index contributed by atoms with van der Waals surface area (Å²) in [5.74, 6) is -0.951. The molecule has 7 heteroatoms. The van der Waals surface area contributed by atoms with Crippen molar-refractivity contribution in [3.8, 4) is 43.8 Å². The number of nitrogens with zero attached hydrogens (tertiary/aromatic N) is 2. The summed E-state index contributed by atoms with van der Waals surface area (Å²) in [4.78, 5) is 32.0. The monoisotopic (exact) mass is 790 g/mol. The van der Waals surface area contributed by atoms with E-state index in [0.717, 1.165) is 111 Å². The Morgan fingerprint density at radius 2 is 0.746 bits per heavy atom. The molecule has 7 aromatic rings. The van der Waals surface area contributed by atoms with Crippen molar-refractivity contribution in [2.75, 3.05) is 0 Å². The van der Waals surface area contributed by atoms with Gasteiger partial charge in [0.1, 0.15) is 4.88 Å². The molecule has 0 fully saturated rings. The highest BCUT2D eigenvalue weighted by Crippen LogP contribution is 2.43. The van der Waals surface area contributed by atoms with Crippen LogP contribution in [0.2, 0.25) is 0 Å². The zero-order valence-electron chi connectivity index (χ0n) is 34.9. The van der Waals surface area contributed by atoms with E-state index in [-0.39, 0.29) is 4.88 Å². The van der Waals surface area contributed by atoms with Crippen LogP contribution in [0.3, 0.4) is 0 Å². The molecular formula is C52H46N4O2S. The Morgan fingerprint density at radius 3 is 1.05 bits per heavy atom. The number of hydrogen-bond acceptors (Lipinski definition) is 4. The van der Waals surface area contributed by atoms with Crippen LogP contribution in [-0.2, 0) is 0 Å². The maximum Gasteiger partial charge on any atom is 0.345 e. The van der Waals surface area contributed by atoms with Crippen molar-refractivity contribution in [1.29, 1.82) is 0 Å². The topological polar surface area (TPSA) is 94.7 Å². The number of H-pyrrole nitrogens is 2. The molecule has 0 amide bonds. The van der Waals surface area contributed by atoms with Gasteiger partial charge in [-0.15, -0.1) is 11.3 Å². The third-order valence-corrected chi connectivity index (χ3v) is 12.7. The Morgan fingerprint density at radius 1 is 0.441 bits per heavy atom. The first kappa shape index (κ1) is 38.0. The first-order valence-corrected chi connectivity index (χ1v) is 20.8. The van der Waals surface area contributed by atoms with Crippen molar-refractivity contribution >= 4 is 63.7 Å². The van der Waals surface area contributed by atoms with Crippen molar-refractivity contribution in [2.24, 2.45) is 0 Å². The molecule has 2 aliphatic heterocycles. The highest BCUT2D eigenvalue weighted by molar-refractivity contribution is 7.17. The van der Waals surface area contributed by atoms with Crippen molar-refractivity contribution in [2.45, 2.75) is 62.3 Å². The Balaban J connectivity index is 1.52. The molecule has 0 saturated carbocycles. The van der Waals surface area contributed by atoms with Gasteiger partial charge in [0.05, 0.1) is 22.8 Å². The molecule has 4 aromatic heterocycles. The third kappa shape index (κ3) is 6.56. The van der Waals surface area contributed by atoms with Crippen LogP contribution in [-0.4, -0.2) is 31.0 Å². The second-order valence-electron chi connectivity index (χ2n) is 16.3. The van der Waals surface area contributed by atoms with Crippen LogP contribution in [0.15, 0.2) is 72.8 Å². The molecule has 6 heterocycles. The molecule has 0 unspecified atom stereocenters. The minimum Gasteiger partial charge on any atom is -0.477 e. The second-order valence-corrected chi connectivity index (χ2v) is 17.4.